The van der Waals surface area contributed by atoms with Crippen LogP contribution in [-0.4, -0.2) is 49.1 Å². The van der Waals surface area contributed by atoms with Crippen LogP contribution in [0.15, 0.2) is 24.3 Å². The van der Waals surface area contributed by atoms with Crippen LogP contribution in [0.2, 0.25) is 0 Å². The Morgan fingerprint density at radius 2 is 2.00 bits per heavy atom. The molecule has 1 aromatic rings. The van der Waals surface area contributed by atoms with Gasteiger partial charge in [0.15, 0.2) is 0 Å². The molecule has 138 valence electrons. The molecule has 2 atom stereocenters. The first-order valence-corrected chi connectivity index (χ1v) is 10.0. The number of hydrogen-bond acceptors (Lipinski definition) is 4. The van der Waals surface area contributed by atoms with E-state index in [0.717, 1.165) is 0 Å². The summed E-state index contributed by atoms with van der Waals surface area (Å²) in [6, 6.07) is 6.49. The number of likely N-dealkylation sites (tertiary alicyclic amines) is 1. The largest absolute Gasteiger partial charge is 0.481 e. The van der Waals surface area contributed by atoms with E-state index in [4.69, 9.17) is 0 Å². The third kappa shape index (κ3) is 4.72. The molecule has 0 aromatic heterocycles. The van der Waals surface area contributed by atoms with E-state index in [1.807, 2.05) is 6.92 Å². The first kappa shape index (κ1) is 19.2. The summed E-state index contributed by atoms with van der Waals surface area (Å²) >= 11 is 0. The van der Waals surface area contributed by atoms with Crippen molar-refractivity contribution in [3.8, 4) is 0 Å². The molecule has 1 fully saturated rings. The number of carbonyl (C=O) groups excluding carboxylic acids is 1. The van der Waals surface area contributed by atoms with E-state index in [0.29, 0.717) is 25.9 Å². The number of sulfonamides is 1. The maximum atomic E-state index is 12.8. The molecule has 0 radical (unpaired) electrons. The molecule has 0 bridgehead atoms. The van der Waals surface area contributed by atoms with Gasteiger partial charge in [0.05, 0.1) is 22.9 Å². The fourth-order valence-corrected chi connectivity index (χ4v) is 4.27. The summed E-state index contributed by atoms with van der Waals surface area (Å²) in [6.45, 7) is 4.26. The molecule has 1 aromatic carbocycles. The number of hydrogen-bond donors (Lipinski definition) is 2. The number of benzene rings is 1. The monoisotopic (exact) mass is 368 g/mol. The molecule has 1 aliphatic heterocycles. The lowest BCUT2D eigenvalue weighted by atomic mass is 9.87. The molecule has 25 heavy (non-hydrogen) atoms. The van der Waals surface area contributed by atoms with Gasteiger partial charge in [-0.2, -0.15) is 0 Å². The maximum absolute atomic E-state index is 12.8. The van der Waals surface area contributed by atoms with Gasteiger partial charge in [-0.3, -0.25) is 14.3 Å². The SMILES string of the molecule is CCCS(=O)(=O)Nc1ccccc1C(=O)N1CCC(C(=O)O)C(C)C1. The maximum Gasteiger partial charge on any atom is 0.306 e. The van der Waals surface area contributed by atoms with Crippen molar-refractivity contribution in [3.63, 3.8) is 0 Å². The van der Waals surface area contributed by atoms with Crippen molar-refractivity contribution in [1.82, 2.24) is 4.90 Å². The van der Waals surface area contributed by atoms with Gasteiger partial charge in [0.1, 0.15) is 0 Å². The summed E-state index contributed by atoms with van der Waals surface area (Å²) < 4.78 is 26.5. The van der Waals surface area contributed by atoms with E-state index in [1.165, 1.54) is 0 Å². The molecule has 1 saturated heterocycles. The van der Waals surface area contributed by atoms with Crippen molar-refractivity contribution in [3.05, 3.63) is 29.8 Å². The molecule has 1 aliphatic rings. The standard InChI is InChI=1S/C17H24N2O5S/c1-3-10-25(23,24)18-15-7-5-4-6-14(15)16(20)19-9-8-13(17(21)22)12(2)11-19/h4-7,12-13,18H,3,8-11H2,1-2H3,(H,21,22). The number of anilines is 1. The van der Waals surface area contributed by atoms with Crippen LogP contribution in [-0.2, 0) is 14.8 Å². The predicted octanol–water partition coefficient (Wildman–Crippen LogP) is 2.02. The summed E-state index contributed by atoms with van der Waals surface area (Å²) in [5.74, 6) is -1.75. The second kappa shape index (κ2) is 7.86. The van der Waals surface area contributed by atoms with E-state index >= 15 is 0 Å². The van der Waals surface area contributed by atoms with Gasteiger partial charge in [0.25, 0.3) is 5.91 Å². The summed E-state index contributed by atoms with van der Waals surface area (Å²) in [6.07, 6.45) is 0.873. The highest BCUT2D eigenvalue weighted by Crippen LogP contribution is 2.26. The molecule has 2 N–H and O–H groups in total. The highest BCUT2D eigenvalue weighted by atomic mass is 32.2. The van der Waals surface area contributed by atoms with Gasteiger partial charge in [-0.25, -0.2) is 8.42 Å². The Kier molecular flexibility index (Phi) is 6.05. The van der Waals surface area contributed by atoms with Crippen LogP contribution < -0.4 is 4.72 Å². The molecule has 0 saturated carbocycles. The quantitative estimate of drug-likeness (QED) is 0.799. The Labute approximate surface area is 148 Å². The van der Waals surface area contributed by atoms with Gasteiger partial charge in [-0.05, 0) is 30.9 Å². The molecule has 0 spiro atoms. The van der Waals surface area contributed by atoms with Crippen LogP contribution in [0.5, 0.6) is 0 Å². The number of para-hydroxylation sites is 1. The van der Waals surface area contributed by atoms with Crippen LogP contribution in [0.4, 0.5) is 5.69 Å². The first-order valence-electron chi connectivity index (χ1n) is 8.36. The molecule has 0 aliphatic carbocycles. The number of amides is 1. The Morgan fingerprint density at radius 1 is 1.32 bits per heavy atom. The van der Waals surface area contributed by atoms with Gasteiger partial charge >= 0.3 is 5.97 Å². The van der Waals surface area contributed by atoms with Crippen LogP contribution in [0.25, 0.3) is 0 Å². The number of carboxylic acids is 1. The van der Waals surface area contributed by atoms with Crippen molar-refractivity contribution < 1.29 is 23.1 Å². The minimum atomic E-state index is -3.50. The van der Waals surface area contributed by atoms with E-state index in [1.54, 1.807) is 36.1 Å². The third-order valence-electron chi connectivity index (χ3n) is 4.41. The molecule has 8 heteroatoms. The molecule has 7 nitrogen and oxygen atoms in total. The zero-order valence-corrected chi connectivity index (χ0v) is 15.3. The van der Waals surface area contributed by atoms with Crippen LogP contribution in [0, 0.1) is 11.8 Å². The summed E-state index contributed by atoms with van der Waals surface area (Å²) in [5, 5.41) is 9.19. The lowest BCUT2D eigenvalue weighted by Crippen LogP contribution is -2.45. The number of nitrogens with zero attached hydrogens (tertiary/aromatic N) is 1. The Hall–Kier alpha value is -2.09. The van der Waals surface area contributed by atoms with Crippen LogP contribution in [0.1, 0.15) is 37.0 Å². The number of carbonyl (C=O) groups is 2. The minimum Gasteiger partial charge on any atom is -0.481 e. The van der Waals surface area contributed by atoms with Gasteiger partial charge in [0, 0.05) is 13.1 Å². The Balaban J connectivity index is 2.19. The highest BCUT2D eigenvalue weighted by molar-refractivity contribution is 7.92. The zero-order valence-electron chi connectivity index (χ0n) is 14.4. The molecule has 1 amide bonds. The normalized spacial score (nSPS) is 21.0. The summed E-state index contributed by atoms with van der Waals surface area (Å²) in [7, 11) is -3.50. The fourth-order valence-electron chi connectivity index (χ4n) is 3.11. The molecular formula is C17H24N2O5S. The number of piperidine rings is 1. The second-order valence-electron chi connectivity index (χ2n) is 6.43. The van der Waals surface area contributed by atoms with E-state index in [-0.39, 0.29) is 28.8 Å². The lowest BCUT2D eigenvalue weighted by Gasteiger charge is -2.35. The van der Waals surface area contributed by atoms with Crippen molar-refractivity contribution in [1.29, 1.82) is 0 Å². The Bertz CT molecular complexity index is 747. The summed E-state index contributed by atoms with van der Waals surface area (Å²) in [5.41, 5.74) is 0.539. The average molecular weight is 368 g/mol. The van der Waals surface area contributed by atoms with Crippen LogP contribution in [0.3, 0.4) is 0 Å². The van der Waals surface area contributed by atoms with E-state index in [9.17, 15) is 23.1 Å². The first-order chi connectivity index (χ1) is 11.7. The topological polar surface area (TPSA) is 104 Å². The van der Waals surface area contributed by atoms with Gasteiger partial charge in [0.2, 0.25) is 10.0 Å². The van der Waals surface area contributed by atoms with Crippen molar-refractivity contribution >= 4 is 27.6 Å². The van der Waals surface area contributed by atoms with E-state index < -0.39 is 21.9 Å². The predicted molar refractivity (Wildman–Crippen MR) is 95.0 cm³/mol. The molecular weight excluding hydrogens is 344 g/mol. The Morgan fingerprint density at radius 3 is 2.60 bits per heavy atom. The molecule has 2 rings (SSSR count). The van der Waals surface area contributed by atoms with E-state index in [2.05, 4.69) is 4.72 Å². The fraction of sp³-hybridized carbons (Fsp3) is 0.529. The molecule has 2 unspecified atom stereocenters. The lowest BCUT2D eigenvalue weighted by molar-refractivity contribution is -0.145. The summed E-state index contributed by atoms with van der Waals surface area (Å²) in [4.78, 5) is 25.6. The smallest absolute Gasteiger partial charge is 0.306 e. The molecule has 1 heterocycles. The minimum absolute atomic E-state index is 0.0173. The number of rotatable bonds is 6. The average Bonchev–Trinajstić information content (AvgIpc) is 2.53. The number of carboxylic acid groups (broad SMARTS) is 1. The van der Waals surface area contributed by atoms with Crippen molar-refractivity contribution in [2.24, 2.45) is 11.8 Å². The number of aliphatic carboxylic acids is 1. The van der Waals surface area contributed by atoms with Gasteiger partial charge in [-0.15, -0.1) is 0 Å². The second-order valence-corrected chi connectivity index (χ2v) is 8.27. The number of nitrogens with one attached hydrogen (secondary N) is 1. The third-order valence-corrected chi connectivity index (χ3v) is 5.88. The highest BCUT2D eigenvalue weighted by Gasteiger charge is 2.33. The van der Waals surface area contributed by atoms with Gasteiger partial charge < -0.3 is 10.0 Å². The van der Waals surface area contributed by atoms with Crippen molar-refractivity contribution in [2.45, 2.75) is 26.7 Å². The van der Waals surface area contributed by atoms with Crippen molar-refractivity contribution in [2.75, 3.05) is 23.6 Å². The van der Waals surface area contributed by atoms with Gasteiger partial charge in [-0.1, -0.05) is 26.0 Å². The zero-order chi connectivity index (χ0) is 18.6. The van der Waals surface area contributed by atoms with Crippen LogP contribution >= 0.6 is 0 Å².